The second kappa shape index (κ2) is 5.09. The summed E-state index contributed by atoms with van der Waals surface area (Å²) in [5.41, 5.74) is 2.03. The van der Waals surface area contributed by atoms with Crippen LogP contribution < -0.4 is 5.32 Å². The maximum Gasteiger partial charge on any atom is 0.292 e. The SMILES string of the molecule is Cc1cccc(CNC(=O)C[N+](=O)[O-])c1. The Kier molecular flexibility index (Phi) is 3.79. The van der Waals surface area contributed by atoms with Gasteiger partial charge in [0, 0.05) is 11.5 Å². The molecular formula is C10H12N2O3. The third-order valence-electron chi connectivity index (χ3n) is 1.84. The zero-order valence-electron chi connectivity index (χ0n) is 8.40. The normalized spacial score (nSPS) is 9.67. The van der Waals surface area contributed by atoms with Crippen molar-refractivity contribution >= 4 is 5.91 Å². The van der Waals surface area contributed by atoms with Gasteiger partial charge in [0.05, 0.1) is 0 Å². The molecule has 1 rings (SSSR count). The lowest BCUT2D eigenvalue weighted by atomic mass is 10.1. The van der Waals surface area contributed by atoms with Crippen molar-refractivity contribution in [3.63, 3.8) is 0 Å². The molecule has 15 heavy (non-hydrogen) atoms. The number of nitro groups is 1. The summed E-state index contributed by atoms with van der Waals surface area (Å²) in [6, 6.07) is 7.61. The van der Waals surface area contributed by atoms with Crippen LogP contribution in [0.15, 0.2) is 24.3 Å². The van der Waals surface area contributed by atoms with Gasteiger partial charge < -0.3 is 5.32 Å². The first-order chi connectivity index (χ1) is 7.08. The Labute approximate surface area is 87.3 Å². The second-order valence-electron chi connectivity index (χ2n) is 3.26. The summed E-state index contributed by atoms with van der Waals surface area (Å²) in [6.07, 6.45) is 0. The molecule has 1 N–H and O–H groups in total. The molecule has 0 spiro atoms. The zero-order valence-corrected chi connectivity index (χ0v) is 8.40. The van der Waals surface area contributed by atoms with Crippen LogP contribution in [0.2, 0.25) is 0 Å². The van der Waals surface area contributed by atoms with Gasteiger partial charge in [-0.2, -0.15) is 0 Å². The van der Waals surface area contributed by atoms with Crippen molar-refractivity contribution in [2.24, 2.45) is 0 Å². The van der Waals surface area contributed by atoms with Crippen molar-refractivity contribution in [2.45, 2.75) is 13.5 Å². The molecule has 0 aromatic heterocycles. The molecular weight excluding hydrogens is 196 g/mol. The van der Waals surface area contributed by atoms with Gasteiger partial charge >= 0.3 is 0 Å². The van der Waals surface area contributed by atoms with Crippen molar-refractivity contribution in [3.8, 4) is 0 Å². The van der Waals surface area contributed by atoms with Gasteiger partial charge in [-0.25, -0.2) is 0 Å². The first-order valence-electron chi connectivity index (χ1n) is 4.52. The molecule has 0 atom stereocenters. The number of benzene rings is 1. The summed E-state index contributed by atoms with van der Waals surface area (Å²) in [6.45, 7) is 1.60. The number of rotatable bonds is 4. The van der Waals surface area contributed by atoms with Crippen molar-refractivity contribution in [1.82, 2.24) is 5.32 Å². The van der Waals surface area contributed by atoms with Crippen LogP contribution in [0.5, 0.6) is 0 Å². The number of hydrogen-bond acceptors (Lipinski definition) is 3. The number of aryl methyl sites for hydroxylation is 1. The van der Waals surface area contributed by atoms with Gasteiger partial charge in [-0.3, -0.25) is 14.9 Å². The van der Waals surface area contributed by atoms with Gasteiger partial charge in [-0.15, -0.1) is 0 Å². The van der Waals surface area contributed by atoms with Crippen molar-refractivity contribution in [2.75, 3.05) is 6.54 Å². The Morgan fingerprint density at radius 3 is 2.87 bits per heavy atom. The third kappa shape index (κ3) is 4.21. The van der Waals surface area contributed by atoms with Gasteiger partial charge in [-0.05, 0) is 12.5 Å². The highest BCUT2D eigenvalue weighted by Crippen LogP contribution is 2.02. The maximum atomic E-state index is 11.0. The van der Waals surface area contributed by atoms with Crippen molar-refractivity contribution < 1.29 is 9.72 Å². The fraction of sp³-hybridized carbons (Fsp3) is 0.300. The van der Waals surface area contributed by atoms with E-state index in [0.29, 0.717) is 6.54 Å². The Morgan fingerprint density at radius 1 is 1.53 bits per heavy atom. The lowest BCUT2D eigenvalue weighted by Gasteiger charge is -2.03. The number of amides is 1. The molecule has 0 unspecified atom stereocenters. The van der Waals surface area contributed by atoms with E-state index < -0.39 is 17.4 Å². The van der Waals surface area contributed by atoms with Crippen LogP contribution in [-0.2, 0) is 11.3 Å². The van der Waals surface area contributed by atoms with Crippen molar-refractivity contribution in [1.29, 1.82) is 0 Å². The highest BCUT2D eigenvalue weighted by Gasteiger charge is 2.07. The largest absolute Gasteiger partial charge is 0.346 e. The Hall–Kier alpha value is -1.91. The quantitative estimate of drug-likeness (QED) is 0.590. The Bertz CT molecular complexity index is 377. The predicted molar refractivity (Wildman–Crippen MR) is 54.9 cm³/mol. The van der Waals surface area contributed by atoms with Crippen LogP contribution in [-0.4, -0.2) is 17.4 Å². The van der Waals surface area contributed by atoms with Crippen molar-refractivity contribution in [3.05, 3.63) is 45.5 Å². The van der Waals surface area contributed by atoms with Crippen LogP contribution in [0.4, 0.5) is 0 Å². The van der Waals surface area contributed by atoms with Gasteiger partial charge in [0.25, 0.3) is 12.5 Å². The zero-order chi connectivity index (χ0) is 11.3. The molecule has 0 saturated carbocycles. The van der Waals surface area contributed by atoms with Crippen LogP contribution >= 0.6 is 0 Å². The molecule has 5 heteroatoms. The minimum Gasteiger partial charge on any atom is -0.346 e. The Morgan fingerprint density at radius 2 is 2.27 bits per heavy atom. The molecule has 0 aliphatic heterocycles. The van der Waals surface area contributed by atoms with Crippen LogP contribution in [0, 0.1) is 17.0 Å². The number of nitrogens with one attached hydrogen (secondary N) is 1. The minimum absolute atomic E-state index is 0.328. The lowest BCUT2D eigenvalue weighted by molar-refractivity contribution is -0.467. The maximum absolute atomic E-state index is 11.0. The highest BCUT2D eigenvalue weighted by atomic mass is 16.6. The summed E-state index contributed by atoms with van der Waals surface area (Å²) in [5.74, 6) is -0.568. The highest BCUT2D eigenvalue weighted by molar-refractivity contribution is 5.76. The van der Waals surface area contributed by atoms with E-state index in [-0.39, 0.29) is 0 Å². The van der Waals surface area contributed by atoms with E-state index in [4.69, 9.17) is 0 Å². The number of carbonyl (C=O) groups is 1. The van der Waals surface area contributed by atoms with E-state index >= 15 is 0 Å². The van der Waals surface area contributed by atoms with Crippen LogP contribution in [0.25, 0.3) is 0 Å². The monoisotopic (exact) mass is 208 g/mol. The molecule has 0 aliphatic rings. The smallest absolute Gasteiger partial charge is 0.292 e. The molecule has 0 aliphatic carbocycles. The van der Waals surface area contributed by atoms with E-state index in [9.17, 15) is 14.9 Å². The summed E-state index contributed by atoms with van der Waals surface area (Å²) in [7, 11) is 0. The van der Waals surface area contributed by atoms with Crippen LogP contribution in [0.3, 0.4) is 0 Å². The molecule has 0 radical (unpaired) electrons. The lowest BCUT2D eigenvalue weighted by Crippen LogP contribution is -2.29. The molecule has 0 bridgehead atoms. The van der Waals surface area contributed by atoms with E-state index in [2.05, 4.69) is 5.32 Å². The van der Waals surface area contributed by atoms with Gasteiger partial charge in [0.15, 0.2) is 0 Å². The fourth-order valence-corrected chi connectivity index (χ4v) is 1.20. The molecule has 1 amide bonds. The van der Waals surface area contributed by atoms with E-state index in [1.807, 2.05) is 31.2 Å². The minimum atomic E-state index is -0.675. The van der Waals surface area contributed by atoms with E-state index in [0.717, 1.165) is 11.1 Å². The molecule has 0 saturated heterocycles. The summed E-state index contributed by atoms with van der Waals surface area (Å²) >= 11 is 0. The molecule has 0 heterocycles. The first-order valence-corrected chi connectivity index (χ1v) is 4.52. The molecule has 1 aromatic rings. The average Bonchev–Trinajstić information content (AvgIpc) is 2.14. The van der Waals surface area contributed by atoms with E-state index in [1.54, 1.807) is 0 Å². The summed E-state index contributed by atoms with van der Waals surface area (Å²) in [5, 5.41) is 12.5. The first kappa shape index (κ1) is 11.2. The van der Waals surface area contributed by atoms with Gasteiger partial charge in [0.2, 0.25) is 0 Å². The predicted octanol–water partition coefficient (Wildman–Crippen LogP) is 0.888. The number of carbonyl (C=O) groups excluding carboxylic acids is 1. The van der Waals surface area contributed by atoms with Gasteiger partial charge in [-0.1, -0.05) is 29.8 Å². The van der Waals surface area contributed by atoms with Gasteiger partial charge in [0.1, 0.15) is 0 Å². The molecule has 0 fully saturated rings. The fourth-order valence-electron chi connectivity index (χ4n) is 1.20. The Balaban J connectivity index is 2.43. The van der Waals surface area contributed by atoms with Crippen LogP contribution in [0.1, 0.15) is 11.1 Å². The molecule has 1 aromatic carbocycles. The summed E-state index contributed by atoms with van der Waals surface area (Å²) in [4.78, 5) is 20.3. The number of hydrogen-bond donors (Lipinski definition) is 1. The molecule has 5 nitrogen and oxygen atoms in total. The van der Waals surface area contributed by atoms with E-state index in [1.165, 1.54) is 0 Å². The molecule has 80 valence electrons. The number of nitrogens with zero attached hydrogens (tertiary/aromatic N) is 1. The summed E-state index contributed by atoms with van der Waals surface area (Å²) < 4.78 is 0. The average molecular weight is 208 g/mol. The standard InChI is InChI=1S/C10H12N2O3/c1-8-3-2-4-9(5-8)6-11-10(13)7-12(14)15/h2-5H,6-7H2,1H3,(H,11,13). The second-order valence-corrected chi connectivity index (χ2v) is 3.26. The third-order valence-corrected chi connectivity index (χ3v) is 1.84. The topological polar surface area (TPSA) is 72.2 Å².